The molecule has 0 atom stereocenters. The van der Waals surface area contributed by atoms with Crippen LogP contribution in [0.5, 0.6) is 5.88 Å². The standard InChI is InChI=1S/C20H24F3N3O5S/c1-19(2,3)30-18(27)25-11-9-15-16(10-12-25)24-26(13-14-7-5-4-6-8-14)17(15)31-32(28,29)20(21,22)23/h4-8H,9-13H2,1-3H3. The molecule has 0 spiro atoms. The number of aromatic nitrogens is 2. The van der Waals surface area contributed by atoms with Gasteiger partial charge in [0.1, 0.15) is 5.60 Å². The Bertz CT molecular complexity index is 1080. The molecule has 3 rings (SSSR count). The number of nitrogens with zero attached hydrogens (tertiary/aromatic N) is 3. The zero-order valence-electron chi connectivity index (χ0n) is 17.8. The molecule has 32 heavy (non-hydrogen) atoms. The van der Waals surface area contributed by atoms with Crippen molar-refractivity contribution < 1.29 is 35.3 Å². The second-order valence-electron chi connectivity index (χ2n) is 8.32. The highest BCUT2D eigenvalue weighted by molar-refractivity contribution is 7.87. The fourth-order valence-electron chi connectivity index (χ4n) is 3.20. The number of amides is 1. The molecule has 0 N–H and O–H groups in total. The smallest absolute Gasteiger partial charge is 0.444 e. The van der Waals surface area contributed by atoms with E-state index < -0.39 is 33.2 Å². The second-order valence-corrected chi connectivity index (χ2v) is 9.86. The zero-order valence-corrected chi connectivity index (χ0v) is 18.7. The molecule has 0 saturated heterocycles. The minimum Gasteiger partial charge on any atom is -0.444 e. The van der Waals surface area contributed by atoms with Crippen molar-refractivity contribution in [2.75, 3.05) is 13.1 Å². The van der Waals surface area contributed by atoms with E-state index in [1.54, 1.807) is 51.1 Å². The highest BCUT2D eigenvalue weighted by Crippen LogP contribution is 2.33. The number of fused-ring (bicyclic) bond motifs is 1. The van der Waals surface area contributed by atoms with Gasteiger partial charge in [0.05, 0.1) is 12.2 Å². The molecular formula is C20H24F3N3O5S. The highest BCUT2D eigenvalue weighted by Gasteiger charge is 2.49. The van der Waals surface area contributed by atoms with Crippen LogP contribution in [-0.4, -0.2) is 53.4 Å². The lowest BCUT2D eigenvalue weighted by Gasteiger charge is -2.26. The van der Waals surface area contributed by atoms with Gasteiger partial charge in [-0.05, 0) is 32.8 Å². The van der Waals surface area contributed by atoms with Gasteiger partial charge in [-0.1, -0.05) is 30.3 Å². The molecule has 1 aromatic heterocycles. The molecule has 0 radical (unpaired) electrons. The Hall–Kier alpha value is -2.76. The number of carbonyl (C=O) groups is 1. The van der Waals surface area contributed by atoms with Gasteiger partial charge in [-0.2, -0.15) is 26.7 Å². The van der Waals surface area contributed by atoms with Crippen molar-refractivity contribution in [2.45, 2.75) is 51.3 Å². The first kappa shape index (κ1) is 23.9. The number of rotatable bonds is 4. The Morgan fingerprint density at radius 1 is 1.09 bits per heavy atom. The zero-order chi connectivity index (χ0) is 23.7. The monoisotopic (exact) mass is 475 g/mol. The predicted octanol–water partition coefficient (Wildman–Crippen LogP) is 3.50. The fraction of sp³-hybridized carbons (Fsp3) is 0.500. The van der Waals surface area contributed by atoms with Crippen LogP contribution in [0, 0.1) is 0 Å². The molecule has 12 heteroatoms. The van der Waals surface area contributed by atoms with Crippen molar-refractivity contribution in [3.63, 3.8) is 0 Å². The average molecular weight is 475 g/mol. The Morgan fingerprint density at radius 2 is 1.72 bits per heavy atom. The molecule has 2 aromatic rings. The van der Waals surface area contributed by atoms with E-state index in [1.807, 2.05) is 0 Å². The van der Waals surface area contributed by atoms with Crippen LogP contribution in [0.25, 0.3) is 0 Å². The van der Waals surface area contributed by atoms with Gasteiger partial charge in [-0.25, -0.2) is 9.48 Å². The minimum absolute atomic E-state index is 0.0202. The van der Waals surface area contributed by atoms with E-state index in [-0.39, 0.29) is 38.0 Å². The maximum atomic E-state index is 13.0. The summed E-state index contributed by atoms with van der Waals surface area (Å²) in [6.45, 7) is 5.52. The summed E-state index contributed by atoms with van der Waals surface area (Å²) in [6, 6.07) is 8.74. The van der Waals surface area contributed by atoms with E-state index in [4.69, 9.17) is 4.74 Å². The van der Waals surface area contributed by atoms with Gasteiger partial charge in [0, 0.05) is 25.1 Å². The summed E-state index contributed by atoms with van der Waals surface area (Å²) in [6.07, 6.45) is -0.296. The number of ether oxygens (including phenoxy) is 1. The number of hydrogen-bond donors (Lipinski definition) is 0. The van der Waals surface area contributed by atoms with E-state index in [0.717, 1.165) is 4.68 Å². The van der Waals surface area contributed by atoms with Crippen molar-refractivity contribution in [3.05, 3.63) is 47.2 Å². The minimum atomic E-state index is -5.90. The third-order valence-corrected chi connectivity index (χ3v) is 5.58. The van der Waals surface area contributed by atoms with Gasteiger partial charge in [-0.15, -0.1) is 0 Å². The van der Waals surface area contributed by atoms with Crippen LogP contribution in [0.4, 0.5) is 18.0 Å². The van der Waals surface area contributed by atoms with Crippen molar-refractivity contribution in [3.8, 4) is 5.88 Å². The molecule has 1 aliphatic heterocycles. The second kappa shape index (κ2) is 8.64. The maximum Gasteiger partial charge on any atom is 0.534 e. The van der Waals surface area contributed by atoms with E-state index in [1.165, 1.54) is 4.90 Å². The van der Waals surface area contributed by atoms with Crippen molar-refractivity contribution in [1.29, 1.82) is 0 Å². The molecule has 0 unspecified atom stereocenters. The van der Waals surface area contributed by atoms with Crippen LogP contribution < -0.4 is 4.18 Å². The van der Waals surface area contributed by atoms with Gasteiger partial charge in [0.2, 0.25) is 5.88 Å². The molecule has 0 bridgehead atoms. The van der Waals surface area contributed by atoms with Crippen LogP contribution in [0.2, 0.25) is 0 Å². The highest BCUT2D eigenvalue weighted by atomic mass is 32.2. The van der Waals surface area contributed by atoms with Crippen molar-refractivity contribution in [1.82, 2.24) is 14.7 Å². The molecule has 2 heterocycles. The summed E-state index contributed by atoms with van der Waals surface area (Å²) in [7, 11) is -5.90. The Balaban J connectivity index is 1.93. The first-order valence-electron chi connectivity index (χ1n) is 9.88. The summed E-state index contributed by atoms with van der Waals surface area (Å²) in [5, 5.41) is 4.32. The summed E-state index contributed by atoms with van der Waals surface area (Å²) in [5.74, 6) is -0.493. The van der Waals surface area contributed by atoms with Crippen molar-refractivity contribution in [2.24, 2.45) is 0 Å². The normalized spacial score (nSPS) is 15.1. The summed E-state index contributed by atoms with van der Waals surface area (Å²) in [4.78, 5) is 13.8. The Kier molecular flexibility index (Phi) is 6.45. The van der Waals surface area contributed by atoms with E-state index in [9.17, 15) is 26.4 Å². The maximum absolute atomic E-state index is 13.0. The molecule has 1 amide bonds. The summed E-state index contributed by atoms with van der Waals surface area (Å²) >= 11 is 0. The summed E-state index contributed by atoms with van der Waals surface area (Å²) < 4.78 is 73.6. The molecule has 1 aromatic carbocycles. The number of halogens is 3. The molecule has 0 saturated carbocycles. The molecule has 0 fully saturated rings. The lowest BCUT2D eigenvalue weighted by atomic mass is 10.1. The lowest BCUT2D eigenvalue weighted by Crippen LogP contribution is -2.38. The molecule has 8 nitrogen and oxygen atoms in total. The Morgan fingerprint density at radius 3 is 2.31 bits per heavy atom. The Labute approximate surface area is 184 Å². The summed E-state index contributed by atoms with van der Waals surface area (Å²) in [5.41, 5.74) is -5.00. The predicted molar refractivity (Wildman–Crippen MR) is 109 cm³/mol. The van der Waals surface area contributed by atoms with Gasteiger partial charge >= 0.3 is 21.7 Å². The first-order chi connectivity index (χ1) is 14.8. The number of carbonyl (C=O) groups excluding carboxylic acids is 1. The van der Waals surface area contributed by atoms with Gasteiger partial charge in [0.25, 0.3) is 0 Å². The van der Waals surface area contributed by atoms with E-state index in [2.05, 4.69) is 9.28 Å². The number of benzene rings is 1. The molecule has 176 valence electrons. The van der Waals surface area contributed by atoms with Gasteiger partial charge in [0.15, 0.2) is 0 Å². The van der Waals surface area contributed by atoms with Crippen LogP contribution in [-0.2, 0) is 34.2 Å². The quantitative estimate of drug-likeness (QED) is 0.497. The lowest BCUT2D eigenvalue weighted by molar-refractivity contribution is -0.0502. The van der Waals surface area contributed by atoms with Gasteiger partial charge in [-0.3, -0.25) is 0 Å². The fourth-order valence-corrected chi connectivity index (χ4v) is 3.69. The molecular weight excluding hydrogens is 451 g/mol. The van der Waals surface area contributed by atoms with Crippen LogP contribution in [0.1, 0.15) is 37.6 Å². The van der Waals surface area contributed by atoms with Crippen molar-refractivity contribution >= 4 is 16.2 Å². The topological polar surface area (TPSA) is 90.7 Å². The third kappa shape index (κ3) is 5.53. The van der Waals surface area contributed by atoms with Crippen LogP contribution in [0.3, 0.4) is 0 Å². The average Bonchev–Trinajstić information content (AvgIpc) is 2.83. The number of hydrogen-bond acceptors (Lipinski definition) is 6. The van der Waals surface area contributed by atoms with E-state index >= 15 is 0 Å². The SMILES string of the molecule is CC(C)(C)OC(=O)N1CCc2nn(Cc3ccccc3)c(OS(=O)(=O)C(F)(F)F)c2CC1. The molecule has 0 aliphatic carbocycles. The van der Waals surface area contributed by atoms with Gasteiger partial charge < -0.3 is 13.8 Å². The van der Waals surface area contributed by atoms with E-state index in [0.29, 0.717) is 11.3 Å². The molecule has 1 aliphatic rings. The first-order valence-corrected chi connectivity index (χ1v) is 11.3. The third-order valence-electron chi connectivity index (χ3n) is 4.63. The van der Waals surface area contributed by atoms with Crippen LogP contribution >= 0.6 is 0 Å². The largest absolute Gasteiger partial charge is 0.534 e. The number of alkyl halides is 3. The van der Waals surface area contributed by atoms with Crippen LogP contribution in [0.15, 0.2) is 30.3 Å².